The van der Waals surface area contributed by atoms with E-state index in [-0.39, 0.29) is 12.3 Å². The molecule has 2 N–H and O–H groups in total. The summed E-state index contributed by atoms with van der Waals surface area (Å²) < 4.78 is 0. The summed E-state index contributed by atoms with van der Waals surface area (Å²) in [6.07, 6.45) is 8.78. The first-order valence-corrected chi connectivity index (χ1v) is 5.47. The third kappa shape index (κ3) is 2.75. The van der Waals surface area contributed by atoms with Crippen molar-refractivity contribution in [3.8, 4) is 12.3 Å². The van der Waals surface area contributed by atoms with Crippen molar-refractivity contribution in [1.29, 1.82) is 0 Å². The van der Waals surface area contributed by atoms with E-state index in [0.717, 1.165) is 25.7 Å². The summed E-state index contributed by atoms with van der Waals surface area (Å²) in [5.41, 5.74) is -0.414. The third-order valence-corrected chi connectivity index (χ3v) is 3.18. The lowest BCUT2D eigenvalue weighted by atomic mass is 9.87. The van der Waals surface area contributed by atoms with Gasteiger partial charge in [-0.15, -0.1) is 12.3 Å². The van der Waals surface area contributed by atoms with Gasteiger partial charge in [0.05, 0.1) is 0 Å². The van der Waals surface area contributed by atoms with Gasteiger partial charge in [-0.2, -0.15) is 0 Å². The second-order valence-electron chi connectivity index (χ2n) is 4.54. The molecule has 1 rings (SSSR count). The number of aliphatic carboxylic acids is 1. The highest BCUT2D eigenvalue weighted by Gasteiger charge is 2.37. The van der Waals surface area contributed by atoms with E-state index in [2.05, 4.69) is 11.2 Å². The number of carboxylic acid groups (broad SMARTS) is 1. The van der Waals surface area contributed by atoms with Gasteiger partial charge in [-0.1, -0.05) is 19.8 Å². The average Bonchev–Trinajstić information content (AvgIpc) is 2.65. The zero-order valence-corrected chi connectivity index (χ0v) is 9.45. The smallest absolute Gasteiger partial charge is 0.327 e. The van der Waals surface area contributed by atoms with Gasteiger partial charge in [-0.05, 0) is 12.8 Å². The minimum atomic E-state index is -1.08. The van der Waals surface area contributed by atoms with Gasteiger partial charge in [-0.3, -0.25) is 4.79 Å². The van der Waals surface area contributed by atoms with Crippen LogP contribution in [0.3, 0.4) is 0 Å². The Morgan fingerprint density at radius 3 is 2.50 bits per heavy atom. The summed E-state index contributed by atoms with van der Waals surface area (Å²) in [6.45, 7) is 1.88. The van der Waals surface area contributed by atoms with Crippen molar-refractivity contribution in [3.63, 3.8) is 0 Å². The van der Waals surface area contributed by atoms with E-state index in [1.54, 1.807) is 0 Å². The van der Waals surface area contributed by atoms with Crippen LogP contribution in [0.25, 0.3) is 0 Å². The summed E-state index contributed by atoms with van der Waals surface area (Å²) in [5.74, 6) is 0.999. The van der Waals surface area contributed by atoms with Crippen LogP contribution < -0.4 is 5.32 Å². The molecule has 1 fully saturated rings. The molecule has 4 nitrogen and oxygen atoms in total. The van der Waals surface area contributed by atoms with Crippen LogP contribution in [-0.4, -0.2) is 23.0 Å². The normalized spacial score (nSPS) is 19.8. The van der Waals surface area contributed by atoms with Gasteiger partial charge in [0.1, 0.15) is 6.04 Å². The number of carbonyl (C=O) groups is 2. The van der Waals surface area contributed by atoms with Crippen LogP contribution in [0.4, 0.5) is 0 Å². The zero-order chi connectivity index (χ0) is 12.2. The molecule has 1 aliphatic rings. The first kappa shape index (κ1) is 12.6. The van der Waals surface area contributed by atoms with E-state index in [0.29, 0.717) is 0 Å². The fourth-order valence-corrected chi connectivity index (χ4v) is 2.03. The molecular formula is C12H17NO3. The fraction of sp³-hybridized carbons (Fsp3) is 0.667. The molecule has 1 aliphatic carbocycles. The lowest BCUT2D eigenvalue weighted by Crippen LogP contribution is -2.46. The molecule has 1 saturated carbocycles. The topological polar surface area (TPSA) is 66.4 Å². The number of terminal acetylenes is 1. The van der Waals surface area contributed by atoms with E-state index in [9.17, 15) is 9.59 Å². The summed E-state index contributed by atoms with van der Waals surface area (Å²) in [5, 5.41) is 11.4. The van der Waals surface area contributed by atoms with Gasteiger partial charge in [0, 0.05) is 11.8 Å². The molecule has 0 saturated heterocycles. The summed E-state index contributed by atoms with van der Waals surface area (Å²) >= 11 is 0. The van der Waals surface area contributed by atoms with Gasteiger partial charge >= 0.3 is 5.97 Å². The van der Waals surface area contributed by atoms with E-state index in [4.69, 9.17) is 11.5 Å². The summed E-state index contributed by atoms with van der Waals surface area (Å²) in [7, 11) is 0. The quantitative estimate of drug-likeness (QED) is 0.703. The lowest BCUT2D eigenvalue weighted by molar-refractivity contribution is -0.143. The highest BCUT2D eigenvalue weighted by molar-refractivity contribution is 5.87. The number of hydrogen-bond donors (Lipinski definition) is 2. The van der Waals surface area contributed by atoms with E-state index in [1.165, 1.54) is 0 Å². The minimum absolute atomic E-state index is 0.0250. The highest BCUT2D eigenvalue weighted by atomic mass is 16.4. The van der Waals surface area contributed by atoms with Crippen LogP contribution >= 0.6 is 0 Å². The molecule has 0 spiro atoms. The van der Waals surface area contributed by atoms with Crippen molar-refractivity contribution in [2.45, 2.75) is 45.1 Å². The van der Waals surface area contributed by atoms with Crippen LogP contribution in [0, 0.1) is 17.8 Å². The van der Waals surface area contributed by atoms with Crippen LogP contribution in [0.15, 0.2) is 0 Å². The third-order valence-electron chi connectivity index (χ3n) is 3.18. The first-order valence-electron chi connectivity index (χ1n) is 5.47. The minimum Gasteiger partial charge on any atom is -0.480 e. The molecule has 0 aliphatic heterocycles. The summed E-state index contributed by atoms with van der Waals surface area (Å²) in [4.78, 5) is 22.7. The monoisotopic (exact) mass is 223 g/mol. The van der Waals surface area contributed by atoms with Gasteiger partial charge in [0.2, 0.25) is 5.91 Å². The molecule has 88 valence electrons. The highest BCUT2D eigenvalue weighted by Crippen LogP contribution is 2.37. The molecule has 0 heterocycles. The lowest BCUT2D eigenvalue weighted by Gasteiger charge is -2.24. The molecule has 1 atom stereocenters. The Kier molecular flexibility index (Phi) is 3.94. The van der Waals surface area contributed by atoms with Crippen molar-refractivity contribution >= 4 is 11.9 Å². The first-order chi connectivity index (χ1) is 7.49. The Balaban J connectivity index is 2.61. The Labute approximate surface area is 95.4 Å². The van der Waals surface area contributed by atoms with Crippen molar-refractivity contribution in [3.05, 3.63) is 0 Å². The Morgan fingerprint density at radius 2 is 2.06 bits per heavy atom. The van der Waals surface area contributed by atoms with Gasteiger partial charge in [-0.25, -0.2) is 4.79 Å². The molecule has 16 heavy (non-hydrogen) atoms. The van der Waals surface area contributed by atoms with Crippen LogP contribution in [0.5, 0.6) is 0 Å². The number of rotatable bonds is 4. The molecule has 0 bridgehead atoms. The predicted molar refractivity (Wildman–Crippen MR) is 59.6 cm³/mol. The van der Waals surface area contributed by atoms with Crippen LogP contribution in [0.1, 0.15) is 39.0 Å². The largest absolute Gasteiger partial charge is 0.480 e. The van der Waals surface area contributed by atoms with E-state index in [1.807, 2.05) is 6.92 Å². The van der Waals surface area contributed by atoms with Gasteiger partial charge in [0.25, 0.3) is 0 Å². The molecule has 4 heteroatoms. The molecule has 1 unspecified atom stereocenters. The van der Waals surface area contributed by atoms with Crippen molar-refractivity contribution in [1.82, 2.24) is 5.32 Å². The number of carbonyl (C=O) groups excluding carboxylic acids is 1. The maximum Gasteiger partial charge on any atom is 0.327 e. The molecule has 0 radical (unpaired) electrons. The van der Waals surface area contributed by atoms with Crippen molar-refractivity contribution < 1.29 is 14.7 Å². The maximum absolute atomic E-state index is 11.9. The van der Waals surface area contributed by atoms with Gasteiger partial charge in [0.15, 0.2) is 0 Å². The van der Waals surface area contributed by atoms with Crippen molar-refractivity contribution in [2.75, 3.05) is 0 Å². The molecule has 0 aromatic heterocycles. The van der Waals surface area contributed by atoms with E-state index >= 15 is 0 Å². The summed E-state index contributed by atoms with van der Waals surface area (Å²) in [6, 6.07) is -0.963. The standard InChI is InChI=1S/C12H17NO3/c1-3-6-9(10(14)15)13-11(16)12(2)7-4-5-8-12/h1,9H,4-8H2,2H3,(H,13,16)(H,14,15). The Morgan fingerprint density at radius 1 is 1.50 bits per heavy atom. The fourth-order valence-electron chi connectivity index (χ4n) is 2.03. The number of nitrogens with one attached hydrogen (secondary N) is 1. The molecule has 0 aromatic rings. The number of carboxylic acids is 1. The second-order valence-corrected chi connectivity index (χ2v) is 4.54. The maximum atomic E-state index is 11.9. The van der Waals surface area contributed by atoms with Crippen LogP contribution in [-0.2, 0) is 9.59 Å². The average molecular weight is 223 g/mol. The Hall–Kier alpha value is -1.50. The van der Waals surface area contributed by atoms with Gasteiger partial charge < -0.3 is 10.4 Å². The van der Waals surface area contributed by atoms with Crippen molar-refractivity contribution in [2.24, 2.45) is 5.41 Å². The number of hydrogen-bond acceptors (Lipinski definition) is 2. The second kappa shape index (κ2) is 5.02. The SMILES string of the molecule is C#CCC(NC(=O)C1(C)CCCC1)C(=O)O. The number of amides is 1. The van der Waals surface area contributed by atoms with E-state index < -0.39 is 17.4 Å². The predicted octanol–water partition coefficient (Wildman–Crippen LogP) is 1.16. The molecule has 1 amide bonds. The molecule has 0 aromatic carbocycles. The van der Waals surface area contributed by atoms with Crippen LogP contribution in [0.2, 0.25) is 0 Å². The Bertz CT molecular complexity index is 324. The molecular weight excluding hydrogens is 206 g/mol. The zero-order valence-electron chi connectivity index (χ0n) is 9.45.